The number of urea groups is 1. The number of hydrogen-bond donors (Lipinski definition) is 1. The van der Waals surface area contributed by atoms with Gasteiger partial charge in [0.05, 0.1) is 5.69 Å². The molecule has 6 nitrogen and oxygen atoms in total. The van der Waals surface area contributed by atoms with Crippen LogP contribution in [0.25, 0.3) is 6.08 Å². The summed E-state index contributed by atoms with van der Waals surface area (Å²) in [6.07, 6.45) is 6.39. The van der Waals surface area contributed by atoms with E-state index in [4.69, 9.17) is 22.8 Å². The van der Waals surface area contributed by atoms with Crippen molar-refractivity contribution in [1.29, 1.82) is 0 Å². The molecule has 0 atom stereocenters. The number of rotatable bonds is 4. The van der Waals surface area contributed by atoms with Crippen molar-refractivity contribution < 1.29 is 23.5 Å². The van der Waals surface area contributed by atoms with Crippen molar-refractivity contribution in [2.24, 2.45) is 0 Å². The van der Waals surface area contributed by atoms with Gasteiger partial charge in [-0.2, -0.15) is 0 Å². The molecule has 28 heavy (non-hydrogen) atoms. The Hall–Kier alpha value is -3.63. The minimum atomic E-state index is -1.05. The number of anilines is 1. The Morgan fingerprint density at radius 1 is 1.21 bits per heavy atom. The van der Waals surface area contributed by atoms with Gasteiger partial charge >= 0.3 is 6.03 Å². The topological polar surface area (TPSA) is 75.7 Å². The number of terminal acetylenes is 1. The minimum Gasteiger partial charge on any atom is -0.480 e. The van der Waals surface area contributed by atoms with E-state index in [1.54, 1.807) is 6.07 Å². The van der Waals surface area contributed by atoms with Crippen molar-refractivity contribution in [3.05, 3.63) is 64.4 Å². The van der Waals surface area contributed by atoms with Gasteiger partial charge in [0.2, 0.25) is 0 Å². The fraction of sp³-hybridized carbons (Fsp3) is 0.0500. The standard InChI is InChI=1S/C20H12ClFN2O4/c1-2-9-28-17-8-7-13(21)10-12(17)11-14-18(25)23-20(27)24(19(14)26)16-6-4-3-5-15(16)22/h1,3-8,10-11H,9H2,(H,23,25,27). The van der Waals surface area contributed by atoms with Crippen molar-refractivity contribution in [2.75, 3.05) is 11.5 Å². The van der Waals surface area contributed by atoms with Crippen LogP contribution in [0.1, 0.15) is 5.56 Å². The molecule has 0 aromatic heterocycles. The average Bonchev–Trinajstić information content (AvgIpc) is 2.66. The minimum absolute atomic E-state index is 0.0439. The summed E-state index contributed by atoms with van der Waals surface area (Å²) >= 11 is 5.99. The second-order valence-electron chi connectivity index (χ2n) is 5.58. The average molecular weight is 399 g/mol. The van der Waals surface area contributed by atoms with Gasteiger partial charge in [-0.05, 0) is 36.4 Å². The van der Waals surface area contributed by atoms with Crippen molar-refractivity contribution in [1.82, 2.24) is 5.32 Å². The largest absolute Gasteiger partial charge is 0.480 e. The lowest BCUT2D eigenvalue weighted by Crippen LogP contribution is -2.54. The zero-order valence-corrected chi connectivity index (χ0v) is 15.0. The predicted molar refractivity (Wildman–Crippen MR) is 101 cm³/mol. The quantitative estimate of drug-likeness (QED) is 0.487. The molecule has 1 fully saturated rings. The van der Waals surface area contributed by atoms with Crippen molar-refractivity contribution in [2.45, 2.75) is 0 Å². The Labute approximate surface area is 164 Å². The fourth-order valence-electron chi connectivity index (χ4n) is 2.55. The number of carbonyl (C=O) groups is 3. The summed E-state index contributed by atoms with van der Waals surface area (Å²) in [4.78, 5) is 37.8. The molecule has 4 amide bonds. The first-order valence-electron chi connectivity index (χ1n) is 7.94. The molecule has 0 aliphatic carbocycles. The predicted octanol–water partition coefficient (Wildman–Crippen LogP) is 3.16. The van der Waals surface area contributed by atoms with Gasteiger partial charge < -0.3 is 4.74 Å². The Morgan fingerprint density at radius 2 is 1.96 bits per heavy atom. The van der Waals surface area contributed by atoms with Gasteiger partial charge in [0.25, 0.3) is 11.8 Å². The smallest absolute Gasteiger partial charge is 0.336 e. The van der Waals surface area contributed by atoms with Crippen molar-refractivity contribution in [3.63, 3.8) is 0 Å². The van der Waals surface area contributed by atoms with E-state index >= 15 is 0 Å². The molecule has 1 N–H and O–H groups in total. The van der Waals surface area contributed by atoms with E-state index in [0.717, 1.165) is 6.07 Å². The molecule has 1 aliphatic heterocycles. The number of halogens is 2. The number of hydrogen-bond acceptors (Lipinski definition) is 4. The van der Waals surface area contributed by atoms with Crippen LogP contribution in [-0.4, -0.2) is 24.5 Å². The number of nitrogens with one attached hydrogen (secondary N) is 1. The van der Waals surface area contributed by atoms with Gasteiger partial charge in [-0.3, -0.25) is 14.9 Å². The lowest BCUT2D eigenvalue weighted by Gasteiger charge is -2.26. The number of imide groups is 2. The molecule has 2 aromatic carbocycles. The van der Waals surface area contributed by atoms with Gasteiger partial charge in [-0.1, -0.05) is 29.7 Å². The molecule has 0 bridgehead atoms. The van der Waals surface area contributed by atoms with Gasteiger partial charge in [0, 0.05) is 10.6 Å². The number of amides is 4. The summed E-state index contributed by atoms with van der Waals surface area (Å²) in [5.74, 6) is -0.116. The first-order chi connectivity index (χ1) is 13.4. The summed E-state index contributed by atoms with van der Waals surface area (Å²) in [5, 5.41) is 2.34. The maximum Gasteiger partial charge on any atom is 0.336 e. The Morgan fingerprint density at radius 3 is 2.68 bits per heavy atom. The van der Waals surface area contributed by atoms with E-state index in [1.807, 2.05) is 5.32 Å². The van der Waals surface area contributed by atoms with E-state index in [1.165, 1.54) is 36.4 Å². The first-order valence-corrected chi connectivity index (χ1v) is 8.32. The lowest BCUT2D eigenvalue weighted by atomic mass is 10.1. The lowest BCUT2D eigenvalue weighted by molar-refractivity contribution is -0.122. The maximum absolute atomic E-state index is 14.1. The second kappa shape index (κ2) is 7.94. The highest BCUT2D eigenvalue weighted by Gasteiger charge is 2.38. The van der Waals surface area contributed by atoms with E-state index in [-0.39, 0.29) is 18.0 Å². The van der Waals surface area contributed by atoms with Crippen LogP contribution in [0.4, 0.5) is 14.9 Å². The van der Waals surface area contributed by atoms with Crippen molar-refractivity contribution >= 4 is 41.2 Å². The van der Waals surface area contributed by atoms with E-state index in [0.29, 0.717) is 15.5 Å². The maximum atomic E-state index is 14.1. The van der Waals surface area contributed by atoms with Gasteiger partial charge in [-0.25, -0.2) is 14.1 Å². The Balaban J connectivity index is 2.07. The molecule has 1 saturated heterocycles. The highest BCUT2D eigenvalue weighted by Crippen LogP contribution is 2.28. The third kappa shape index (κ3) is 3.72. The molecule has 8 heteroatoms. The SMILES string of the molecule is C#CCOc1ccc(Cl)cc1C=C1C(=O)NC(=O)N(c2ccccc2F)C1=O. The molecule has 0 unspecified atom stereocenters. The van der Waals surface area contributed by atoms with E-state index in [2.05, 4.69) is 5.92 Å². The second-order valence-corrected chi connectivity index (χ2v) is 6.02. The summed E-state index contributed by atoms with van der Waals surface area (Å²) in [5.41, 5.74) is -0.377. The summed E-state index contributed by atoms with van der Waals surface area (Å²) < 4.78 is 19.5. The number of barbiturate groups is 1. The van der Waals surface area contributed by atoms with Crippen LogP contribution < -0.4 is 15.0 Å². The highest BCUT2D eigenvalue weighted by molar-refractivity contribution is 6.39. The summed E-state index contributed by atoms with van der Waals surface area (Å²) in [6, 6.07) is 8.71. The Kier molecular flexibility index (Phi) is 5.43. The monoisotopic (exact) mass is 398 g/mol. The zero-order chi connectivity index (χ0) is 20.3. The number of nitrogens with zero attached hydrogens (tertiary/aromatic N) is 1. The zero-order valence-electron chi connectivity index (χ0n) is 14.2. The van der Waals surface area contributed by atoms with Crippen LogP contribution >= 0.6 is 11.6 Å². The molecular formula is C20H12ClFN2O4. The van der Waals surface area contributed by atoms with Crippen LogP contribution in [0.5, 0.6) is 5.75 Å². The van der Waals surface area contributed by atoms with Crippen LogP contribution in [0.3, 0.4) is 0 Å². The molecular weight excluding hydrogens is 387 g/mol. The summed E-state index contributed by atoms with van der Waals surface area (Å²) in [7, 11) is 0. The normalized spacial score (nSPS) is 15.4. The van der Waals surface area contributed by atoms with Crippen LogP contribution in [-0.2, 0) is 9.59 Å². The third-order valence-electron chi connectivity index (χ3n) is 3.78. The number of benzene rings is 2. The van der Waals surface area contributed by atoms with Crippen LogP contribution in [0.15, 0.2) is 48.0 Å². The highest BCUT2D eigenvalue weighted by atomic mass is 35.5. The van der Waals surface area contributed by atoms with Gasteiger partial charge in [0.1, 0.15) is 23.7 Å². The number of ether oxygens (including phenoxy) is 1. The first kappa shape index (κ1) is 19.1. The molecule has 1 aliphatic rings. The molecule has 1 heterocycles. The van der Waals surface area contributed by atoms with E-state index in [9.17, 15) is 18.8 Å². The molecule has 3 rings (SSSR count). The van der Waals surface area contributed by atoms with Crippen LogP contribution in [0.2, 0.25) is 5.02 Å². The van der Waals surface area contributed by atoms with Crippen LogP contribution in [0, 0.1) is 18.2 Å². The third-order valence-corrected chi connectivity index (χ3v) is 4.01. The van der Waals surface area contributed by atoms with Gasteiger partial charge in [0.15, 0.2) is 0 Å². The molecule has 2 aromatic rings. The number of carbonyl (C=O) groups excluding carboxylic acids is 3. The van der Waals surface area contributed by atoms with Gasteiger partial charge in [-0.15, -0.1) is 6.42 Å². The Bertz CT molecular complexity index is 1060. The number of para-hydroxylation sites is 1. The molecule has 0 spiro atoms. The molecule has 0 radical (unpaired) electrons. The molecule has 0 saturated carbocycles. The fourth-order valence-corrected chi connectivity index (χ4v) is 2.73. The molecule has 140 valence electrons. The van der Waals surface area contributed by atoms with Crippen molar-refractivity contribution in [3.8, 4) is 18.1 Å². The summed E-state index contributed by atoms with van der Waals surface area (Å²) in [6.45, 7) is -0.0439. The van der Waals surface area contributed by atoms with E-state index < -0.39 is 29.2 Å².